The van der Waals surface area contributed by atoms with Crippen LogP contribution in [0.4, 0.5) is 22.7 Å². The summed E-state index contributed by atoms with van der Waals surface area (Å²) in [5, 5.41) is 43.6. The van der Waals surface area contributed by atoms with Crippen LogP contribution >= 0.6 is 0 Å². The van der Waals surface area contributed by atoms with E-state index in [4.69, 9.17) is 9.47 Å². The minimum absolute atomic E-state index is 0.0884. The summed E-state index contributed by atoms with van der Waals surface area (Å²) in [7, 11) is 0. The lowest BCUT2D eigenvalue weighted by Gasteiger charge is -2.07. The monoisotopic (exact) mass is 492 g/mol. The number of benzene rings is 2. The number of nitrogens with zero attached hydrogens (tertiary/aromatic N) is 4. The Labute approximate surface area is 194 Å². The van der Waals surface area contributed by atoms with Gasteiger partial charge in [0.25, 0.3) is 22.7 Å². The molecule has 184 valence electrons. The molecule has 2 aromatic carbocycles. The molecule has 0 amide bonds. The van der Waals surface area contributed by atoms with E-state index in [0.29, 0.717) is 0 Å². The van der Waals surface area contributed by atoms with Crippen molar-refractivity contribution in [1.82, 2.24) is 0 Å². The molecule has 35 heavy (non-hydrogen) atoms. The molecular weight excluding hydrogens is 476 g/mol. The van der Waals surface area contributed by atoms with Crippen molar-refractivity contribution in [3.63, 3.8) is 0 Å². The number of carbonyl (C=O) groups excluding carboxylic acids is 2. The lowest BCUT2D eigenvalue weighted by atomic mass is 10.1. The summed E-state index contributed by atoms with van der Waals surface area (Å²) in [6.45, 7) is -0.635. The van der Waals surface area contributed by atoms with E-state index < -0.39 is 60.8 Å². The van der Waals surface area contributed by atoms with Crippen LogP contribution in [0.15, 0.2) is 36.4 Å². The van der Waals surface area contributed by atoms with Crippen LogP contribution in [0.25, 0.3) is 0 Å². The Kier molecular flexibility index (Phi) is 8.79. The molecule has 0 N–H and O–H groups in total. The highest BCUT2D eigenvalue weighted by Gasteiger charge is 2.19. The summed E-state index contributed by atoms with van der Waals surface area (Å²) in [4.78, 5) is 63.9. The van der Waals surface area contributed by atoms with E-state index in [9.17, 15) is 50.0 Å². The Hall–Kier alpha value is -5.02. The molecule has 2 aromatic rings. The third-order valence-corrected chi connectivity index (χ3v) is 4.36. The number of non-ortho nitro benzene ring substituents is 4. The number of carbonyl (C=O) groups is 2. The predicted octanol–water partition coefficient (Wildman–Crippen LogP) is 2.58. The first kappa shape index (κ1) is 26.2. The smallest absolute Gasteiger partial charge is 0.317 e. The van der Waals surface area contributed by atoms with Crippen LogP contribution in [-0.4, -0.2) is 44.8 Å². The molecule has 0 saturated heterocycles. The molecule has 0 spiro atoms. The zero-order chi connectivity index (χ0) is 26.1. The van der Waals surface area contributed by atoms with E-state index in [1.165, 1.54) is 0 Å². The molecule has 0 aliphatic heterocycles. The minimum atomic E-state index is -0.985. The zero-order valence-corrected chi connectivity index (χ0v) is 17.7. The minimum Gasteiger partial charge on any atom is -0.465 e. The first-order chi connectivity index (χ1) is 16.5. The van der Waals surface area contributed by atoms with Crippen molar-refractivity contribution in [3.8, 4) is 0 Å². The molecule has 0 aromatic heterocycles. The molecule has 16 nitrogen and oxygen atoms in total. The first-order valence-electron chi connectivity index (χ1n) is 9.63. The molecule has 0 aliphatic rings. The Morgan fingerprint density at radius 1 is 0.571 bits per heavy atom. The van der Waals surface area contributed by atoms with Crippen LogP contribution in [0.1, 0.15) is 17.5 Å². The van der Waals surface area contributed by atoms with E-state index >= 15 is 0 Å². The second-order valence-electron chi connectivity index (χ2n) is 6.86. The van der Waals surface area contributed by atoms with E-state index in [0.717, 1.165) is 36.4 Å². The van der Waals surface area contributed by atoms with Crippen molar-refractivity contribution >= 4 is 34.7 Å². The van der Waals surface area contributed by atoms with Crippen molar-refractivity contribution in [2.45, 2.75) is 19.3 Å². The first-order valence-corrected chi connectivity index (χ1v) is 9.63. The van der Waals surface area contributed by atoms with E-state index in [2.05, 4.69) is 0 Å². The largest absolute Gasteiger partial charge is 0.465 e. The van der Waals surface area contributed by atoms with Gasteiger partial charge in [-0.1, -0.05) is 0 Å². The van der Waals surface area contributed by atoms with Crippen molar-refractivity contribution in [1.29, 1.82) is 0 Å². The second kappa shape index (κ2) is 11.7. The fourth-order valence-electron chi connectivity index (χ4n) is 2.81. The summed E-state index contributed by atoms with van der Waals surface area (Å²) in [5.74, 6) is -1.97. The van der Waals surface area contributed by atoms with Gasteiger partial charge in [0, 0.05) is 37.1 Å². The van der Waals surface area contributed by atoms with Gasteiger partial charge in [0.2, 0.25) is 0 Å². The standard InChI is InChI=1S/C19H16N4O12/c24-18(34-3-1-12-5-14(20(26)27)9-15(6-12)21(28)29)11-19(25)35-4-2-13-7-16(22(30)31)10-17(8-13)23(32)33/h5-10H,1-4,11H2. The van der Waals surface area contributed by atoms with E-state index in [-0.39, 0.29) is 37.2 Å². The molecule has 16 heteroatoms. The van der Waals surface area contributed by atoms with Gasteiger partial charge in [0.05, 0.1) is 45.0 Å². The van der Waals surface area contributed by atoms with Gasteiger partial charge >= 0.3 is 11.9 Å². The van der Waals surface area contributed by atoms with Gasteiger partial charge in [-0.3, -0.25) is 50.0 Å². The quantitative estimate of drug-likeness (QED) is 0.180. The number of nitro groups is 4. The van der Waals surface area contributed by atoms with Crippen molar-refractivity contribution in [2.24, 2.45) is 0 Å². The lowest BCUT2D eigenvalue weighted by Crippen LogP contribution is -2.16. The molecule has 0 atom stereocenters. The zero-order valence-electron chi connectivity index (χ0n) is 17.7. The Balaban J connectivity index is 1.83. The molecule has 2 rings (SSSR count). The van der Waals surface area contributed by atoms with Crippen molar-refractivity contribution in [3.05, 3.63) is 88.0 Å². The van der Waals surface area contributed by atoms with Gasteiger partial charge in [0.15, 0.2) is 0 Å². The van der Waals surface area contributed by atoms with Crippen LogP contribution < -0.4 is 0 Å². The van der Waals surface area contributed by atoms with E-state index in [1.807, 2.05) is 0 Å². The summed E-state index contributed by atoms with van der Waals surface area (Å²) < 4.78 is 9.67. The highest BCUT2D eigenvalue weighted by molar-refractivity contribution is 5.91. The van der Waals surface area contributed by atoms with Gasteiger partial charge in [-0.15, -0.1) is 0 Å². The maximum atomic E-state index is 11.8. The van der Waals surface area contributed by atoms with Gasteiger partial charge in [-0.25, -0.2) is 0 Å². The van der Waals surface area contributed by atoms with Gasteiger partial charge in [0.1, 0.15) is 6.42 Å². The van der Waals surface area contributed by atoms with Crippen LogP contribution in [0.2, 0.25) is 0 Å². The van der Waals surface area contributed by atoms with Crippen molar-refractivity contribution in [2.75, 3.05) is 13.2 Å². The van der Waals surface area contributed by atoms with Crippen LogP contribution in [-0.2, 0) is 31.9 Å². The molecular formula is C19H16N4O12. The fourth-order valence-corrected chi connectivity index (χ4v) is 2.81. The highest BCUT2D eigenvalue weighted by atomic mass is 16.6. The Bertz CT molecular complexity index is 1040. The molecule has 0 bridgehead atoms. The van der Waals surface area contributed by atoms with Gasteiger partial charge in [-0.2, -0.15) is 0 Å². The number of hydrogen-bond acceptors (Lipinski definition) is 12. The summed E-state index contributed by atoms with van der Waals surface area (Å²) >= 11 is 0. The van der Waals surface area contributed by atoms with Crippen LogP contribution in [0.3, 0.4) is 0 Å². The Morgan fingerprint density at radius 2 is 0.857 bits per heavy atom. The van der Waals surface area contributed by atoms with Crippen LogP contribution in [0.5, 0.6) is 0 Å². The highest BCUT2D eigenvalue weighted by Crippen LogP contribution is 2.24. The number of esters is 2. The average Bonchev–Trinajstić information content (AvgIpc) is 2.78. The molecule has 0 radical (unpaired) electrons. The molecule has 0 aliphatic carbocycles. The number of hydrogen-bond donors (Lipinski definition) is 0. The molecule has 0 fully saturated rings. The lowest BCUT2D eigenvalue weighted by molar-refractivity contribution is -0.394. The summed E-state index contributed by atoms with van der Waals surface area (Å²) in [5.41, 5.74) is -1.66. The Morgan fingerprint density at radius 3 is 1.11 bits per heavy atom. The molecule has 0 saturated carbocycles. The number of ether oxygens (including phenoxy) is 2. The predicted molar refractivity (Wildman–Crippen MR) is 113 cm³/mol. The maximum Gasteiger partial charge on any atom is 0.317 e. The SMILES string of the molecule is O=C(CC(=O)OCCc1cc([N+](=O)[O-])cc([N+](=O)[O-])c1)OCCc1cc([N+](=O)[O-])cc([N+](=O)[O-])c1. The summed E-state index contributed by atoms with van der Waals surface area (Å²) in [6.07, 6.45) is -0.964. The van der Waals surface area contributed by atoms with Crippen molar-refractivity contribution < 1.29 is 38.8 Å². The molecule has 0 unspecified atom stereocenters. The van der Waals surface area contributed by atoms with Gasteiger partial charge < -0.3 is 9.47 Å². The van der Waals surface area contributed by atoms with Crippen LogP contribution in [0, 0.1) is 40.5 Å². The fraction of sp³-hybridized carbons (Fsp3) is 0.263. The number of rotatable bonds is 12. The number of nitro benzene ring substituents is 4. The second-order valence-corrected chi connectivity index (χ2v) is 6.86. The maximum absolute atomic E-state index is 11.8. The third kappa shape index (κ3) is 8.12. The van der Waals surface area contributed by atoms with E-state index in [1.54, 1.807) is 0 Å². The average molecular weight is 492 g/mol. The molecule has 0 heterocycles. The van der Waals surface area contributed by atoms with Gasteiger partial charge in [-0.05, 0) is 11.1 Å². The topological polar surface area (TPSA) is 225 Å². The normalized spacial score (nSPS) is 10.3. The third-order valence-electron chi connectivity index (χ3n) is 4.36. The summed E-state index contributed by atoms with van der Waals surface area (Å²) in [6, 6.07) is 5.94.